The van der Waals surface area contributed by atoms with Gasteiger partial charge in [0, 0.05) is 11.1 Å². The summed E-state index contributed by atoms with van der Waals surface area (Å²) in [5.41, 5.74) is -0.804. The van der Waals surface area contributed by atoms with Gasteiger partial charge in [-0.1, -0.05) is 24.3 Å². The molecule has 3 aromatic carbocycles. The molecule has 0 amide bonds. The standard InChI is InChI=1S/C20H14N4O12S4.Na/c25-37(26,27)13-5-7-15-17(9-13)23(39(31,32)33)19(21-15)11-1-2-12(4-3-11)20-22-16-8-6-14(38(28,29)30)10-18(16)24(20)40(34,35)36;/h1-10H,(H,25,26,27)(H,28,29,30)(H,31,32,33)(H,34,35,36);/q;+1. The summed E-state index contributed by atoms with van der Waals surface area (Å²) < 4.78 is 134. The van der Waals surface area contributed by atoms with Crippen LogP contribution < -0.4 is 29.6 Å². The van der Waals surface area contributed by atoms with Crippen LogP contribution in [-0.2, 0) is 40.8 Å². The number of fused-ring (bicyclic) bond motifs is 2. The van der Waals surface area contributed by atoms with Crippen LogP contribution in [0.1, 0.15) is 0 Å². The minimum atomic E-state index is -5.07. The molecule has 16 nitrogen and oxygen atoms in total. The van der Waals surface area contributed by atoms with Gasteiger partial charge in [0.05, 0.1) is 31.9 Å². The molecule has 41 heavy (non-hydrogen) atoms. The molecule has 0 aliphatic heterocycles. The van der Waals surface area contributed by atoms with Crippen LogP contribution in [0.15, 0.2) is 70.5 Å². The topological polar surface area (TPSA) is 253 Å². The Hall–Kier alpha value is -2.76. The summed E-state index contributed by atoms with van der Waals surface area (Å²) in [5.74, 6) is -0.754. The fourth-order valence-corrected chi connectivity index (χ4v) is 6.51. The van der Waals surface area contributed by atoms with Gasteiger partial charge in [-0.05, 0) is 36.4 Å². The van der Waals surface area contributed by atoms with E-state index in [9.17, 15) is 51.9 Å². The molecule has 0 unspecified atom stereocenters. The van der Waals surface area contributed by atoms with Gasteiger partial charge < -0.3 is 0 Å². The monoisotopic (exact) mass is 653 g/mol. The molecule has 0 spiro atoms. The first-order chi connectivity index (χ1) is 18.4. The fraction of sp³-hybridized carbons (Fsp3) is 0. The van der Waals surface area contributed by atoms with Crippen LogP contribution in [0.5, 0.6) is 0 Å². The van der Waals surface area contributed by atoms with Gasteiger partial charge in [-0.3, -0.25) is 18.2 Å². The molecule has 2 heterocycles. The number of imidazole rings is 2. The molecule has 5 aromatic rings. The Bertz CT molecular complexity index is 2150. The van der Waals surface area contributed by atoms with Gasteiger partial charge in [-0.15, -0.1) is 0 Å². The third-order valence-corrected chi connectivity index (χ3v) is 8.99. The molecule has 0 aliphatic rings. The average molecular weight is 654 g/mol. The molecule has 21 heteroatoms. The van der Waals surface area contributed by atoms with E-state index in [-0.39, 0.29) is 74.4 Å². The number of benzene rings is 3. The molecule has 0 aliphatic carbocycles. The van der Waals surface area contributed by atoms with E-state index in [0.29, 0.717) is 7.94 Å². The number of rotatable bonds is 6. The molecule has 0 atom stereocenters. The van der Waals surface area contributed by atoms with Crippen molar-refractivity contribution in [1.82, 2.24) is 17.9 Å². The molecule has 0 bridgehead atoms. The maximum atomic E-state index is 12.2. The van der Waals surface area contributed by atoms with Crippen LogP contribution in [0, 0.1) is 0 Å². The zero-order chi connectivity index (χ0) is 29.4. The van der Waals surface area contributed by atoms with Gasteiger partial charge in [0.2, 0.25) is 0 Å². The minimum absolute atomic E-state index is 0. The van der Waals surface area contributed by atoms with Crippen molar-refractivity contribution in [1.29, 1.82) is 0 Å². The molecule has 0 saturated heterocycles. The Morgan fingerprint density at radius 3 is 1.10 bits per heavy atom. The summed E-state index contributed by atoms with van der Waals surface area (Å²) in [4.78, 5) is 6.90. The first-order valence-electron chi connectivity index (χ1n) is 10.4. The third kappa shape index (κ3) is 5.81. The number of aromatic nitrogens is 4. The Kier molecular flexibility index (Phi) is 7.76. The minimum Gasteiger partial charge on any atom is -0.282 e. The van der Waals surface area contributed by atoms with E-state index in [1.807, 2.05) is 0 Å². The number of nitrogens with zero attached hydrogens (tertiary/aromatic N) is 4. The van der Waals surface area contributed by atoms with Crippen molar-refractivity contribution in [2.75, 3.05) is 0 Å². The number of hydrogen-bond acceptors (Lipinski definition) is 10. The van der Waals surface area contributed by atoms with E-state index in [0.717, 1.165) is 36.4 Å². The van der Waals surface area contributed by atoms with Crippen molar-refractivity contribution >= 4 is 62.9 Å². The molecule has 210 valence electrons. The first-order valence-corrected chi connectivity index (χ1v) is 16.1. The van der Waals surface area contributed by atoms with Crippen LogP contribution in [0.2, 0.25) is 0 Å². The summed E-state index contributed by atoms with van der Waals surface area (Å²) in [6.07, 6.45) is 0. The second kappa shape index (κ2) is 10.2. The third-order valence-electron chi connectivity index (χ3n) is 5.63. The largest absolute Gasteiger partial charge is 1.00 e. The smallest absolute Gasteiger partial charge is 0.282 e. The zero-order valence-corrected chi connectivity index (χ0v) is 25.5. The predicted molar refractivity (Wildman–Crippen MR) is 137 cm³/mol. The van der Waals surface area contributed by atoms with Gasteiger partial charge in [0.15, 0.2) is 11.6 Å². The van der Waals surface area contributed by atoms with Gasteiger partial charge >= 0.3 is 50.2 Å². The number of hydrogen-bond donors (Lipinski definition) is 4. The summed E-state index contributed by atoms with van der Waals surface area (Å²) in [5, 5.41) is 0. The quantitative estimate of drug-likeness (QED) is 0.120. The predicted octanol–water partition coefficient (Wildman–Crippen LogP) is -1.48. The fourth-order valence-electron chi connectivity index (χ4n) is 3.99. The van der Waals surface area contributed by atoms with Crippen LogP contribution >= 0.6 is 0 Å². The van der Waals surface area contributed by atoms with E-state index >= 15 is 0 Å². The SMILES string of the molecule is O=S(=O)(O)c1ccc2nc(-c3ccc(-c4nc5ccc(S(=O)(=O)O)cc5n4S(=O)(=O)O)cc3)n(S(=O)(=O)O)c2c1.[Na+]. The van der Waals surface area contributed by atoms with Gasteiger partial charge in [0.25, 0.3) is 20.2 Å². The van der Waals surface area contributed by atoms with E-state index in [4.69, 9.17) is 0 Å². The molecule has 0 fully saturated rings. The average Bonchev–Trinajstić information content (AvgIpc) is 3.41. The van der Waals surface area contributed by atoms with E-state index < -0.39 is 50.6 Å². The van der Waals surface area contributed by atoms with Crippen molar-refractivity contribution in [2.24, 2.45) is 0 Å². The van der Waals surface area contributed by atoms with Gasteiger partial charge in [0.1, 0.15) is 0 Å². The van der Waals surface area contributed by atoms with Gasteiger partial charge in [-0.2, -0.15) is 41.6 Å². The van der Waals surface area contributed by atoms with Crippen LogP contribution in [0.25, 0.3) is 44.8 Å². The van der Waals surface area contributed by atoms with Crippen molar-refractivity contribution < 1.29 is 81.4 Å². The van der Waals surface area contributed by atoms with Crippen molar-refractivity contribution in [3.05, 3.63) is 60.7 Å². The Morgan fingerprint density at radius 1 is 0.512 bits per heavy atom. The normalized spacial score (nSPS) is 13.0. The summed E-state index contributed by atoms with van der Waals surface area (Å²) in [6, 6.07) is 10.7. The van der Waals surface area contributed by atoms with Crippen molar-refractivity contribution in [3.63, 3.8) is 0 Å². The second-order valence-electron chi connectivity index (χ2n) is 8.18. The van der Waals surface area contributed by atoms with Crippen LogP contribution in [-0.4, -0.2) is 69.8 Å². The summed E-state index contributed by atoms with van der Waals surface area (Å²) >= 11 is 0. The second-order valence-corrected chi connectivity index (χ2v) is 13.5. The molecule has 5 rings (SSSR count). The van der Waals surface area contributed by atoms with E-state index in [2.05, 4.69) is 9.97 Å². The molecule has 2 aromatic heterocycles. The molecular weight excluding hydrogens is 639 g/mol. The molecule has 4 N–H and O–H groups in total. The molecule has 0 radical (unpaired) electrons. The molecule has 0 saturated carbocycles. The summed E-state index contributed by atoms with van der Waals surface area (Å²) in [7, 11) is -19.6. The summed E-state index contributed by atoms with van der Waals surface area (Å²) in [6.45, 7) is 0. The van der Waals surface area contributed by atoms with Crippen molar-refractivity contribution in [2.45, 2.75) is 9.79 Å². The van der Waals surface area contributed by atoms with Crippen LogP contribution in [0.3, 0.4) is 0 Å². The van der Waals surface area contributed by atoms with Crippen LogP contribution in [0.4, 0.5) is 0 Å². The van der Waals surface area contributed by atoms with Gasteiger partial charge in [-0.25, -0.2) is 9.97 Å². The maximum absolute atomic E-state index is 12.2. The van der Waals surface area contributed by atoms with E-state index in [1.54, 1.807) is 0 Å². The van der Waals surface area contributed by atoms with Crippen molar-refractivity contribution in [3.8, 4) is 22.8 Å². The maximum Gasteiger partial charge on any atom is 1.00 e. The van der Waals surface area contributed by atoms with E-state index in [1.165, 1.54) is 24.3 Å². The first kappa shape index (κ1) is 31.2. The Morgan fingerprint density at radius 2 is 0.829 bits per heavy atom. The molecular formula is C20H14N4NaO12S4+. The Balaban J connectivity index is 0.00000387. The zero-order valence-electron chi connectivity index (χ0n) is 20.3. The Labute approximate surface area is 253 Å².